The second kappa shape index (κ2) is 7.15. The Morgan fingerprint density at radius 1 is 0.500 bits per heavy atom. The third-order valence-electron chi connectivity index (χ3n) is 4.38. The SMILES string of the molecule is O=C1N2CCOCCN3CCN(CCOCCN1CC2)C3=O. The van der Waals surface area contributed by atoms with E-state index in [1.165, 1.54) is 0 Å². The number of fused-ring (bicyclic) bond motifs is 4. The van der Waals surface area contributed by atoms with Crippen LogP contribution < -0.4 is 0 Å². The number of carbonyl (C=O) groups excluding carboxylic acids is 2. The molecule has 0 aromatic rings. The molecule has 4 amide bonds. The van der Waals surface area contributed by atoms with Gasteiger partial charge in [-0.3, -0.25) is 0 Å². The van der Waals surface area contributed by atoms with Crippen LogP contribution in [0.5, 0.6) is 0 Å². The smallest absolute Gasteiger partial charge is 0.320 e. The summed E-state index contributed by atoms with van der Waals surface area (Å²) in [6, 6.07) is 0.143. The first kappa shape index (κ1) is 15.4. The van der Waals surface area contributed by atoms with Gasteiger partial charge in [-0.2, -0.15) is 0 Å². The van der Waals surface area contributed by atoms with Crippen LogP contribution in [0.3, 0.4) is 0 Å². The molecule has 0 saturated carbocycles. The lowest BCUT2D eigenvalue weighted by Gasteiger charge is -2.21. The second-order valence-corrected chi connectivity index (χ2v) is 5.74. The lowest BCUT2D eigenvalue weighted by Crippen LogP contribution is -2.38. The predicted octanol–water partition coefficient (Wildman–Crippen LogP) is -0.492. The molecule has 4 bridgehead atoms. The molecule has 0 unspecified atom stereocenters. The number of hydrogen-bond donors (Lipinski definition) is 0. The number of urea groups is 2. The Hall–Kier alpha value is -1.54. The Morgan fingerprint density at radius 3 is 1.05 bits per heavy atom. The fourth-order valence-electron chi connectivity index (χ4n) is 3.00. The number of hydrogen-bond acceptors (Lipinski definition) is 4. The summed E-state index contributed by atoms with van der Waals surface area (Å²) < 4.78 is 11.2. The van der Waals surface area contributed by atoms with Crippen molar-refractivity contribution in [2.45, 2.75) is 0 Å². The van der Waals surface area contributed by atoms with Crippen molar-refractivity contribution in [3.05, 3.63) is 0 Å². The zero-order valence-electron chi connectivity index (χ0n) is 12.9. The Balaban J connectivity index is 1.54. The summed E-state index contributed by atoms with van der Waals surface area (Å²) in [7, 11) is 0. The fraction of sp³-hybridized carbons (Fsp3) is 0.857. The van der Waals surface area contributed by atoms with E-state index in [0.717, 1.165) is 26.2 Å². The van der Waals surface area contributed by atoms with Gasteiger partial charge >= 0.3 is 12.1 Å². The minimum Gasteiger partial charge on any atom is -0.378 e. The molecule has 3 saturated heterocycles. The Kier molecular flexibility index (Phi) is 4.99. The van der Waals surface area contributed by atoms with Crippen molar-refractivity contribution in [3.63, 3.8) is 0 Å². The van der Waals surface area contributed by atoms with E-state index in [0.29, 0.717) is 52.6 Å². The van der Waals surface area contributed by atoms with Crippen molar-refractivity contribution >= 4 is 12.1 Å². The summed E-state index contributed by atoms with van der Waals surface area (Å²) in [5.41, 5.74) is 0. The average molecular weight is 312 g/mol. The zero-order chi connectivity index (χ0) is 15.4. The van der Waals surface area contributed by atoms with Gasteiger partial charge < -0.3 is 29.1 Å². The van der Waals surface area contributed by atoms with E-state index in [-0.39, 0.29) is 12.1 Å². The maximum absolute atomic E-state index is 12.1. The minimum atomic E-state index is 0.0713. The standard InChI is InChI=1S/C14H24N4O4/c19-13-15-1-2-16(13)6-10-22-12-8-18-4-3-17(14(18)20)7-11-21-9-5-15/h1-12H2. The van der Waals surface area contributed by atoms with Gasteiger partial charge in [-0.15, -0.1) is 0 Å². The topological polar surface area (TPSA) is 65.6 Å². The molecule has 0 atom stereocenters. The number of carbonyl (C=O) groups is 2. The summed E-state index contributed by atoms with van der Waals surface area (Å²) in [4.78, 5) is 31.5. The molecule has 0 aromatic carbocycles. The van der Waals surface area contributed by atoms with Crippen LogP contribution >= 0.6 is 0 Å². The summed E-state index contributed by atoms with van der Waals surface area (Å²) in [5, 5.41) is 0. The van der Waals surface area contributed by atoms with Gasteiger partial charge in [-0.1, -0.05) is 0 Å². The van der Waals surface area contributed by atoms with Gasteiger partial charge in [0.2, 0.25) is 0 Å². The van der Waals surface area contributed by atoms with Crippen LogP contribution in [0.15, 0.2) is 0 Å². The molecule has 22 heavy (non-hydrogen) atoms. The van der Waals surface area contributed by atoms with Crippen LogP contribution in [0.4, 0.5) is 9.59 Å². The van der Waals surface area contributed by atoms with Gasteiger partial charge in [-0.05, 0) is 0 Å². The van der Waals surface area contributed by atoms with E-state index < -0.39 is 0 Å². The molecule has 3 fully saturated rings. The van der Waals surface area contributed by atoms with Crippen molar-refractivity contribution in [2.75, 3.05) is 78.8 Å². The van der Waals surface area contributed by atoms with E-state index in [2.05, 4.69) is 0 Å². The van der Waals surface area contributed by atoms with Crippen molar-refractivity contribution in [3.8, 4) is 0 Å². The van der Waals surface area contributed by atoms with E-state index in [1.54, 1.807) is 0 Å². The van der Waals surface area contributed by atoms with Gasteiger partial charge in [0.05, 0.1) is 26.4 Å². The molecule has 0 aliphatic carbocycles. The van der Waals surface area contributed by atoms with Crippen LogP contribution in [-0.4, -0.2) is 110 Å². The largest absolute Gasteiger partial charge is 0.378 e. The van der Waals surface area contributed by atoms with E-state index >= 15 is 0 Å². The molecule has 3 aliphatic rings. The van der Waals surface area contributed by atoms with Crippen molar-refractivity contribution in [1.29, 1.82) is 0 Å². The first-order valence-corrected chi connectivity index (χ1v) is 7.99. The van der Waals surface area contributed by atoms with E-state index in [4.69, 9.17) is 9.47 Å². The number of ether oxygens (including phenoxy) is 2. The van der Waals surface area contributed by atoms with E-state index in [9.17, 15) is 9.59 Å². The van der Waals surface area contributed by atoms with Gasteiger partial charge in [0, 0.05) is 52.4 Å². The zero-order valence-corrected chi connectivity index (χ0v) is 12.9. The molecule has 0 N–H and O–H groups in total. The van der Waals surface area contributed by atoms with Crippen LogP contribution in [0.2, 0.25) is 0 Å². The second-order valence-electron chi connectivity index (χ2n) is 5.74. The van der Waals surface area contributed by atoms with Crippen LogP contribution in [0, 0.1) is 0 Å². The highest BCUT2D eigenvalue weighted by Crippen LogP contribution is 2.10. The molecule has 3 aliphatic heterocycles. The molecule has 0 spiro atoms. The van der Waals surface area contributed by atoms with Crippen LogP contribution in [0.1, 0.15) is 0 Å². The summed E-state index contributed by atoms with van der Waals surface area (Å²) in [5.74, 6) is 0. The Morgan fingerprint density at radius 2 is 0.773 bits per heavy atom. The maximum Gasteiger partial charge on any atom is 0.320 e. The lowest BCUT2D eigenvalue weighted by molar-refractivity contribution is 0.0878. The Labute approximate surface area is 130 Å². The first-order valence-electron chi connectivity index (χ1n) is 7.99. The quantitative estimate of drug-likeness (QED) is 0.605. The first-order chi connectivity index (χ1) is 10.8. The lowest BCUT2D eigenvalue weighted by atomic mass is 10.5. The summed E-state index contributed by atoms with van der Waals surface area (Å²) in [6.45, 7) is 7.49. The highest BCUT2D eigenvalue weighted by Gasteiger charge is 2.29. The van der Waals surface area contributed by atoms with Crippen LogP contribution in [-0.2, 0) is 9.47 Å². The van der Waals surface area contributed by atoms with Crippen molar-refractivity contribution in [1.82, 2.24) is 19.6 Å². The summed E-state index contributed by atoms with van der Waals surface area (Å²) >= 11 is 0. The highest BCUT2D eigenvalue weighted by atomic mass is 16.5. The molecule has 0 aromatic heterocycles. The van der Waals surface area contributed by atoms with Gasteiger partial charge in [-0.25, -0.2) is 9.59 Å². The number of rotatable bonds is 0. The van der Waals surface area contributed by atoms with E-state index in [1.807, 2.05) is 19.6 Å². The van der Waals surface area contributed by atoms with Crippen molar-refractivity contribution < 1.29 is 19.1 Å². The fourth-order valence-corrected chi connectivity index (χ4v) is 3.00. The highest BCUT2D eigenvalue weighted by molar-refractivity contribution is 5.77. The molecule has 0 radical (unpaired) electrons. The summed E-state index contributed by atoms with van der Waals surface area (Å²) in [6.07, 6.45) is 0. The molecular formula is C14H24N4O4. The van der Waals surface area contributed by atoms with Gasteiger partial charge in [0.25, 0.3) is 0 Å². The predicted molar refractivity (Wildman–Crippen MR) is 78.7 cm³/mol. The maximum atomic E-state index is 12.1. The third kappa shape index (κ3) is 3.44. The van der Waals surface area contributed by atoms with Gasteiger partial charge in [0.15, 0.2) is 0 Å². The number of amides is 4. The average Bonchev–Trinajstić information content (AvgIpc) is 3.03. The van der Waals surface area contributed by atoms with Gasteiger partial charge in [0.1, 0.15) is 0 Å². The molecule has 8 heteroatoms. The number of nitrogens with zero attached hydrogens (tertiary/aromatic N) is 4. The molecule has 124 valence electrons. The normalized spacial score (nSPS) is 25.3. The van der Waals surface area contributed by atoms with Crippen LogP contribution in [0.25, 0.3) is 0 Å². The molecule has 3 rings (SSSR count). The molecule has 3 heterocycles. The Bertz CT molecular complexity index is 350. The third-order valence-corrected chi connectivity index (χ3v) is 4.38. The molecule has 8 nitrogen and oxygen atoms in total. The van der Waals surface area contributed by atoms with Crippen molar-refractivity contribution in [2.24, 2.45) is 0 Å². The monoisotopic (exact) mass is 312 g/mol. The molecular weight excluding hydrogens is 288 g/mol. The minimum absolute atomic E-state index is 0.0713.